The fraction of sp³-hybridized carbons (Fsp3) is 0.320. The Labute approximate surface area is 243 Å². The number of unbranched alkanes of at least 4 members (excludes halogenated alkanes) is 1. The fourth-order valence-corrected chi connectivity index (χ4v) is 5.83. The molecule has 2 heterocycles. The number of aryl methyl sites for hydroxylation is 1. The van der Waals surface area contributed by atoms with Crippen LogP contribution >= 0.6 is 31.9 Å². The maximum absolute atomic E-state index is 11.5. The van der Waals surface area contributed by atoms with Gasteiger partial charge in [-0.15, -0.1) is 0 Å². The molecule has 39 heavy (non-hydrogen) atoms. The van der Waals surface area contributed by atoms with Crippen LogP contribution in [0, 0.1) is 0 Å². The molecular weight excluding hydrogens is 680 g/mol. The van der Waals surface area contributed by atoms with E-state index in [4.69, 9.17) is 13.7 Å². The normalized spacial score (nSPS) is 15.3. The molecule has 10 nitrogen and oxygen atoms in total. The first-order chi connectivity index (χ1) is 18.3. The van der Waals surface area contributed by atoms with E-state index in [1.54, 1.807) is 17.0 Å². The second kappa shape index (κ2) is 12.1. The first-order valence-corrected chi connectivity index (χ1v) is 16.8. The molecule has 0 saturated carbocycles. The van der Waals surface area contributed by atoms with Crippen molar-refractivity contribution >= 4 is 75.0 Å². The third-order valence-corrected chi connectivity index (χ3v) is 8.51. The molecule has 210 valence electrons. The van der Waals surface area contributed by atoms with Crippen LogP contribution in [0.25, 0.3) is 17.2 Å². The highest BCUT2D eigenvalue weighted by atomic mass is 79.9. The van der Waals surface area contributed by atoms with Crippen LogP contribution in [0.5, 0.6) is 5.75 Å². The van der Waals surface area contributed by atoms with Crippen LogP contribution in [0.4, 0.5) is 5.69 Å². The smallest absolute Gasteiger partial charge is 0.374 e. The average molecular weight is 707 g/mol. The maximum atomic E-state index is 11.5. The van der Waals surface area contributed by atoms with E-state index >= 15 is 0 Å². The van der Waals surface area contributed by atoms with Crippen molar-refractivity contribution in [1.82, 2.24) is 0 Å². The summed E-state index contributed by atoms with van der Waals surface area (Å²) in [6, 6.07) is 11.0. The molecule has 0 spiro atoms. The average Bonchev–Trinajstić information content (AvgIpc) is 3.35. The number of hydrogen-bond acceptors (Lipinski definition) is 7. The van der Waals surface area contributed by atoms with E-state index < -0.39 is 26.0 Å². The highest BCUT2D eigenvalue weighted by molar-refractivity contribution is 9.10. The van der Waals surface area contributed by atoms with Crippen molar-refractivity contribution in [3.8, 4) is 5.75 Å². The Kier molecular flexibility index (Phi) is 9.23. The summed E-state index contributed by atoms with van der Waals surface area (Å²) in [5.74, 6) is 0.688. The molecule has 0 radical (unpaired) electrons. The summed E-state index contributed by atoms with van der Waals surface area (Å²) in [4.78, 5) is 1.69. The molecule has 3 aromatic rings. The number of ether oxygens (including phenoxy) is 1. The number of oxazole rings is 1. The van der Waals surface area contributed by atoms with Gasteiger partial charge in [0.05, 0.1) is 23.3 Å². The summed E-state index contributed by atoms with van der Waals surface area (Å²) in [5, 5.41) is 0. The summed E-state index contributed by atoms with van der Waals surface area (Å²) in [5.41, 5.74) is 2.94. The summed E-state index contributed by atoms with van der Waals surface area (Å²) in [6.07, 6.45) is 5.01. The molecule has 4 rings (SSSR count). The van der Waals surface area contributed by atoms with E-state index in [1.165, 1.54) is 0 Å². The van der Waals surface area contributed by atoms with Crippen LogP contribution in [0.3, 0.4) is 0 Å². The van der Waals surface area contributed by atoms with Crippen LogP contribution in [0.1, 0.15) is 32.1 Å². The highest BCUT2D eigenvalue weighted by Gasteiger charge is 2.28. The Morgan fingerprint density at radius 2 is 1.69 bits per heavy atom. The summed E-state index contributed by atoms with van der Waals surface area (Å²) in [6.45, 7) is 2.39. The second-order valence-corrected chi connectivity index (χ2v) is 13.9. The third-order valence-electron chi connectivity index (χ3n) is 6.02. The number of benzene rings is 2. The van der Waals surface area contributed by atoms with Gasteiger partial charge in [-0.2, -0.15) is 21.4 Å². The van der Waals surface area contributed by atoms with Crippen molar-refractivity contribution < 1.29 is 39.7 Å². The first-order valence-electron chi connectivity index (χ1n) is 12.0. The lowest BCUT2D eigenvalue weighted by molar-refractivity contribution is -0.678. The molecule has 1 aliphatic rings. The molecule has 14 heteroatoms. The molecule has 0 aliphatic carbocycles. The Hall–Kier alpha value is -2.23. The standard InChI is InChI=1S/C25H26Br2N2O8S2/c1-2-17(14-25-29(10-12-39(33,34)35)21-16-19(27)6-8-23(21)37-25)13-24-28(9-3-4-11-38(30,31)32)20-15-18(26)5-7-22(20)36-24/h5-8,13-16H,2-4,9-12H2,1H3,(H-,30,31,32,33,34,35)/p+1. The fourth-order valence-electron chi connectivity index (χ4n) is 4.15. The minimum absolute atomic E-state index is 0.0163. The maximum Gasteiger partial charge on any atom is 0.374 e. The number of anilines is 1. The van der Waals surface area contributed by atoms with Crippen LogP contribution in [0.15, 0.2) is 67.3 Å². The van der Waals surface area contributed by atoms with Crippen molar-refractivity contribution in [1.29, 1.82) is 0 Å². The molecule has 0 bridgehead atoms. The number of allylic oxidation sites excluding steroid dienone is 2. The van der Waals surface area contributed by atoms with Crippen LogP contribution in [-0.2, 0) is 26.8 Å². The molecule has 0 amide bonds. The van der Waals surface area contributed by atoms with E-state index in [0.29, 0.717) is 48.2 Å². The van der Waals surface area contributed by atoms with Gasteiger partial charge in [-0.25, -0.2) is 0 Å². The summed E-state index contributed by atoms with van der Waals surface area (Å²) >= 11 is 6.91. The van der Waals surface area contributed by atoms with Gasteiger partial charge in [0.15, 0.2) is 12.3 Å². The topological polar surface area (TPSA) is 138 Å². The van der Waals surface area contributed by atoms with Crippen LogP contribution in [0.2, 0.25) is 0 Å². The Morgan fingerprint density at radius 1 is 1.00 bits per heavy atom. The second-order valence-electron chi connectivity index (χ2n) is 8.90. The molecule has 2 N–H and O–H groups in total. The van der Waals surface area contributed by atoms with Gasteiger partial charge in [-0.1, -0.05) is 38.8 Å². The molecular formula is C25H27Br2N2O8S2+. The molecule has 1 aromatic heterocycles. The number of halogens is 2. The van der Waals surface area contributed by atoms with Gasteiger partial charge < -0.3 is 14.1 Å². The largest absolute Gasteiger partial charge is 0.439 e. The van der Waals surface area contributed by atoms with Gasteiger partial charge in [0.1, 0.15) is 0 Å². The summed E-state index contributed by atoms with van der Waals surface area (Å²) < 4.78 is 79.4. The monoisotopic (exact) mass is 705 g/mol. The van der Waals surface area contributed by atoms with Crippen LogP contribution < -0.4 is 14.2 Å². The van der Waals surface area contributed by atoms with E-state index in [2.05, 4.69) is 31.9 Å². The van der Waals surface area contributed by atoms with Crippen molar-refractivity contribution in [2.45, 2.75) is 32.7 Å². The third kappa shape index (κ3) is 7.92. The predicted octanol–water partition coefficient (Wildman–Crippen LogP) is 5.33. The van der Waals surface area contributed by atoms with Gasteiger partial charge in [-0.3, -0.25) is 9.11 Å². The number of nitrogens with zero attached hydrogens (tertiary/aromatic N) is 2. The number of aromatic nitrogens is 1. The molecule has 0 atom stereocenters. The van der Waals surface area contributed by atoms with Gasteiger partial charge in [0, 0.05) is 34.1 Å². The SMILES string of the molecule is CCC(=Cc1oc2ccc(Br)cc2[n+]1CCCCS(=O)(=O)O)C=C1Oc2ccc(Br)cc2N1CCS(=O)(=O)O. The zero-order valence-electron chi connectivity index (χ0n) is 20.9. The first kappa shape index (κ1) is 29.7. The predicted molar refractivity (Wildman–Crippen MR) is 155 cm³/mol. The molecule has 0 saturated heterocycles. The highest BCUT2D eigenvalue weighted by Crippen LogP contribution is 2.41. The lowest BCUT2D eigenvalue weighted by atomic mass is 10.1. The number of fused-ring (bicyclic) bond motifs is 2. The van der Waals surface area contributed by atoms with Gasteiger partial charge in [0.2, 0.25) is 11.5 Å². The Morgan fingerprint density at radius 3 is 2.38 bits per heavy atom. The van der Waals surface area contributed by atoms with Gasteiger partial charge in [0.25, 0.3) is 25.8 Å². The van der Waals surface area contributed by atoms with Crippen molar-refractivity contribution in [2.75, 3.05) is 23.0 Å². The van der Waals surface area contributed by atoms with Gasteiger partial charge in [-0.05, 0) is 48.7 Å². The molecule has 0 unspecified atom stereocenters. The Bertz CT molecular complexity index is 1660. The van der Waals surface area contributed by atoms with Crippen molar-refractivity contribution in [3.05, 3.63) is 68.8 Å². The minimum Gasteiger partial charge on any atom is -0.439 e. The van der Waals surface area contributed by atoms with E-state index in [1.807, 2.05) is 47.9 Å². The Balaban J connectivity index is 1.70. The number of rotatable bonds is 11. The minimum atomic E-state index is -4.20. The lowest BCUT2D eigenvalue weighted by Crippen LogP contribution is -2.35. The molecule has 0 fully saturated rings. The molecule has 1 aliphatic heterocycles. The lowest BCUT2D eigenvalue weighted by Gasteiger charge is -2.18. The number of hydrogen-bond donors (Lipinski definition) is 2. The van der Waals surface area contributed by atoms with Crippen molar-refractivity contribution in [3.63, 3.8) is 0 Å². The van der Waals surface area contributed by atoms with Gasteiger partial charge >= 0.3 is 5.89 Å². The van der Waals surface area contributed by atoms with Crippen LogP contribution in [-0.4, -0.2) is 44.0 Å². The zero-order chi connectivity index (χ0) is 28.4. The van der Waals surface area contributed by atoms with E-state index in [9.17, 15) is 21.4 Å². The van der Waals surface area contributed by atoms with Crippen molar-refractivity contribution in [2.24, 2.45) is 0 Å². The van der Waals surface area contributed by atoms with E-state index in [0.717, 1.165) is 20.0 Å². The quantitative estimate of drug-likeness (QED) is 0.154. The molecule has 2 aromatic carbocycles. The zero-order valence-corrected chi connectivity index (χ0v) is 25.7. The van der Waals surface area contributed by atoms with E-state index in [-0.39, 0.29) is 18.7 Å². The summed E-state index contributed by atoms with van der Waals surface area (Å²) in [7, 11) is -8.24.